The molecule has 0 amide bonds. The molecule has 2 aromatic rings. The van der Waals surface area contributed by atoms with E-state index in [1.54, 1.807) is 48.5 Å². The fourth-order valence-corrected chi connectivity index (χ4v) is 2.49. The molecule has 7 heteroatoms. The number of benzene rings is 2. The van der Waals surface area contributed by atoms with Gasteiger partial charge in [0.1, 0.15) is 0 Å². The SMILES string of the molecule is COC(=O)c1ccc(/C=C2/N=C(c3ccc(OC)c(OC)c3)OC2=O)cc1. The van der Waals surface area contributed by atoms with E-state index in [0.29, 0.717) is 28.2 Å². The van der Waals surface area contributed by atoms with Gasteiger partial charge in [-0.1, -0.05) is 12.1 Å². The Labute approximate surface area is 155 Å². The van der Waals surface area contributed by atoms with Crippen LogP contribution in [0.5, 0.6) is 11.5 Å². The summed E-state index contributed by atoms with van der Waals surface area (Å²) in [4.78, 5) is 27.8. The van der Waals surface area contributed by atoms with Gasteiger partial charge in [-0.05, 0) is 42.0 Å². The molecule has 1 aliphatic rings. The Kier molecular flexibility index (Phi) is 5.21. The van der Waals surface area contributed by atoms with Crippen molar-refractivity contribution in [1.29, 1.82) is 0 Å². The standard InChI is InChI=1S/C20H17NO6/c1-24-16-9-8-14(11-17(16)25-2)18-21-15(20(23)27-18)10-12-4-6-13(7-5-12)19(22)26-3/h4-11H,1-3H3/b15-10+. The van der Waals surface area contributed by atoms with Crippen molar-refractivity contribution < 1.29 is 28.5 Å². The summed E-state index contributed by atoms with van der Waals surface area (Å²) in [6.07, 6.45) is 1.58. The van der Waals surface area contributed by atoms with E-state index < -0.39 is 11.9 Å². The van der Waals surface area contributed by atoms with Gasteiger partial charge >= 0.3 is 11.9 Å². The highest BCUT2D eigenvalue weighted by atomic mass is 16.6. The summed E-state index contributed by atoms with van der Waals surface area (Å²) >= 11 is 0. The third kappa shape index (κ3) is 3.82. The number of methoxy groups -OCH3 is 3. The Morgan fingerprint density at radius 2 is 1.70 bits per heavy atom. The summed E-state index contributed by atoms with van der Waals surface area (Å²) in [7, 11) is 4.38. The van der Waals surface area contributed by atoms with E-state index in [1.165, 1.54) is 21.3 Å². The Morgan fingerprint density at radius 1 is 1.00 bits per heavy atom. The number of carbonyl (C=O) groups excluding carboxylic acids is 2. The van der Waals surface area contributed by atoms with Crippen LogP contribution in [0.25, 0.3) is 6.08 Å². The summed E-state index contributed by atoms with van der Waals surface area (Å²) in [5.74, 6) is 0.260. The monoisotopic (exact) mass is 367 g/mol. The van der Waals surface area contributed by atoms with Crippen LogP contribution in [0.2, 0.25) is 0 Å². The van der Waals surface area contributed by atoms with Crippen LogP contribution in [0.4, 0.5) is 0 Å². The smallest absolute Gasteiger partial charge is 0.363 e. The molecule has 3 rings (SSSR count). The van der Waals surface area contributed by atoms with Crippen LogP contribution in [0.1, 0.15) is 21.5 Å². The Morgan fingerprint density at radius 3 is 2.33 bits per heavy atom. The lowest BCUT2D eigenvalue weighted by molar-refractivity contribution is -0.129. The van der Waals surface area contributed by atoms with E-state index in [1.807, 2.05) is 0 Å². The van der Waals surface area contributed by atoms with Crippen LogP contribution in [0.3, 0.4) is 0 Å². The topological polar surface area (TPSA) is 83.4 Å². The molecule has 1 heterocycles. The first kappa shape index (κ1) is 18.2. The lowest BCUT2D eigenvalue weighted by atomic mass is 10.1. The van der Waals surface area contributed by atoms with Crippen LogP contribution in [-0.2, 0) is 14.3 Å². The Hall–Kier alpha value is -3.61. The summed E-state index contributed by atoms with van der Waals surface area (Å²) < 4.78 is 20.4. The predicted octanol–water partition coefficient (Wildman–Crippen LogP) is 2.83. The molecule has 0 aromatic heterocycles. The molecule has 2 aromatic carbocycles. The summed E-state index contributed by atoms with van der Waals surface area (Å²) in [6, 6.07) is 11.7. The third-order valence-corrected chi connectivity index (χ3v) is 3.89. The molecule has 0 spiro atoms. The predicted molar refractivity (Wildman–Crippen MR) is 97.9 cm³/mol. The average Bonchev–Trinajstić information content (AvgIpc) is 3.07. The number of ether oxygens (including phenoxy) is 4. The van der Waals surface area contributed by atoms with E-state index in [4.69, 9.17) is 14.2 Å². The normalized spacial score (nSPS) is 14.6. The van der Waals surface area contributed by atoms with Crippen molar-refractivity contribution in [1.82, 2.24) is 0 Å². The van der Waals surface area contributed by atoms with Gasteiger partial charge in [0.2, 0.25) is 5.90 Å². The number of aliphatic imine (C=N–C) groups is 1. The number of nitrogens with zero attached hydrogens (tertiary/aromatic N) is 1. The summed E-state index contributed by atoms with van der Waals surface area (Å²) in [6.45, 7) is 0. The zero-order valence-corrected chi connectivity index (χ0v) is 15.0. The first-order chi connectivity index (χ1) is 13.0. The van der Waals surface area contributed by atoms with Gasteiger partial charge in [-0.3, -0.25) is 0 Å². The molecule has 0 saturated carbocycles. The van der Waals surface area contributed by atoms with E-state index in [-0.39, 0.29) is 11.6 Å². The highest BCUT2D eigenvalue weighted by molar-refractivity contribution is 6.13. The second kappa shape index (κ2) is 7.74. The van der Waals surface area contributed by atoms with Gasteiger partial charge in [0, 0.05) is 5.56 Å². The van der Waals surface area contributed by atoms with Gasteiger partial charge in [0.05, 0.1) is 26.9 Å². The van der Waals surface area contributed by atoms with E-state index >= 15 is 0 Å². The van der Waals surface area contributed by atoms with Crippen molar-refractivity contribution in [2.24, 2.45) is 4.99 Å². The van der Waals surface area contributed by atoms with Crippen LogP contribution >= 0.6 is 0 Å². The quantitative estimate of drug-likeness (QED) is 0.597. The van der Waals surface area contributed by atoms with Gasteiger partial charge in [-0.25, -0.2) is 14.6 Å². The minimum absolute atomic E-state index is 0.158. The van der Waals surface area contributed by atoms with Crippen molar-refractivity contribution in [3.8, 4) is 11.5 Å². The molecule has 0 aliphatic carbocycles. The zero-order chi connectivity index (χ0) is 19.4. The summed E-state index contributed by atoms with van der Waals surface area (Å²) in [5.41, 5.74) is 1.87. The van der Waals surface area contributed by atoms with E-state index in [2.05, 4.69) is 9.73 Å². The number of cyclic esters (lactones) is 1. The Balaban J connectivity index is 1.88. The summed E-state index contributed by atoms with van der Waals surface area (Å²) in [5, 5.41) is 0. The van der Waals surface area contributed by atoms with E-state index in [9.17, 15) is 9.59 Å². The van der Waals surface area contributed by atoms with Crippen LogP contribution < -0.4 is 9.47 Å². The molecule has 27 heavy (non-hydrogen) atoms. The van der Waals surface area contributed by atoms with Gasteiger partial charge in [-0.15, -0.1) is 0 Å². The van der Waals surface area contributed by atoms with Crippen molar-refractivity contribution in [3.05, 3.63) is 64.9 Å². The molecule has 0 bridgehead atoms. The van der Waals surface area contributed by atoms with Gasteiger partial charge < -0.3 is 18.9 Å². The molecular formula is C20H17NO6. The van der Waals surface area contributed by atoms with Crippen LogP contribution in [0, 0.1) is 0 Å². The molecule has 0 radical (unpaired) electrons. The number of carbonyl (C=O) groups is 2. The maximum absolute atomic E-state index is 12.1. The van der Waals surface area contributed by atoms with Crippen LogP contribution in [-0.4, -0.2) is 39.2 Å². The molecule has 0 atom stereocenters. The highest BCUT2D eigenvalue weighted by Crippen LogP contribution is 2.29. The molecular weight excluding hydrogens is 350 g/mol. The van der Waals surface area contributed by atoms with Crippen molar-refractivity contribution in [2.75, 3.05) is 21.3 Å². The minimum Gasteiger partial charge on any atom is -0.493 e. The number of rotatable bonds is 5. The average molecular weight is 367 g/mol. The molecule has 0 unspecified atom stereocenters. The lowest BCUT2D eigenvalue weighted by Crippen LogP contribution is -2.06. The third-order valence-electron chi connectivity index (χ3n) is 3.89. The maximum Gasteiger partial charge on any atom is 0.363 e. The highest BCUT2D eigenvalue weighted by Gasteiger charge is 2.25. The molecule has 7 nitrogen and oxygen atoms in total. The van der Waals surface area contributed by atoms with Crippen molar-refractivity contribution in [2.45, 2.75) is 0 Å². The van der Waals surface area contributed by atoms with Gasteiger partial charge in [-0.2, -0.15) is 0 Å². The fourth-order valence-electron chi connectivity index (χ4n) is 2.49. The number of hydrogen-bond donors (Lipinski definition) is 0. The number of esters is 2. The molecule has 0 saturated heterocycles. The van der Waals surface area contributed by atoms with Crippen LogP contribution in [0.15, 0.2) is 53.2 Å². The molecule has 138 valence electrons. The molecule has 0 fully saturated rings. The fraction of sp³-hybridized carbons (Fsp3) is 0.150. The van der Waals surface area contributed by atoms with E-state index in [0.717, 1.165) is 0 Å². The Bertz CT molecular complexity index is 943. The maximum atomic E-state index is 12.1. The largest absolute Gasteiger partial charge is 0.493 e. The zero-order valence-electron chi connectivity index (χ0n) is 15.0. The van der Waals surface area contributed by atoms with Crippen molar-refractivity contribution in [3.63, 3.8) is 0 Å². The minimum atomic E-state index is -0.558. The second-order valence-electron chi connectivity index (χ2n) is 5.52. The van der Waals surface area contributed by atoms with Gasteiger partial charge in [0.15, 0.2) is 17.2 Å². The lowest BCUT2D eigenvalue weighted by Gasteiger charge is -2.08. The first-order valence-electron chi connectivity index (χ1n) is 7.99. The first-order valence-corrected chi connectivity index (χ1v) is 7.99. The number of hydrogen-bond acceptors (Lipinski definition) is 7. The molecule has 1 aliphatic heterocycles. The van der Waals surface area contributed by atoms with Gasteiger partial charge in [0.25, 0.3) is 0 Å². The van der Waals surface area contributed by atoms with Crippen molar-refractivity contribution >= 4 is 23.9 Å². The molecule has 0 N–H and O–H groups in total. The second-order valence-corrected chi connectivity index (χ2v) is 5.52.